The fraction of sp³-hybridized carbons (Fsp3) is 0.556. The van der Waals surface area contributed by atoms with E-state index in [1.807, 2.05) is 24.3 Å². The minimum atomic E-state index is -1.73. The molecule has 11 nitrogen and oxygen atoms in total. The first-order valence-corrected chi connectivity index (χ1v) is 12.8. The highest BCUT2D eigenvalue weighted by atomic mass is 16.7. The van der Waals surface area contributed by atoms with Gasteiger partial charge in [-0.1, -0.05) is 24.3 Å². The van der Waals surface area contributed by atoms with Gasteiger partial charge in [0.25, 0.3) is 0 Å². The van der Waals surface area contributed by atoms with Crippen LogP contribution in [0.3, 0.4) is 0 Å². The van der Waals surface area contributed by atoms with Gasteiger partial charge in [-0.05, 0) is 36.9 Å². The minimum absolute atomic E-state index is 0.0526. The van der Waals surface area contributed by atoms with Crippen molar-refractivity contribution in [1.29, 1.82) is 0 Å². The third-order valence-corrected chi connectivity index (χ3v) is 8.56. The van der Waals surface area contributed by atoms with Crippen molar-refractivity contribution in [1.82, 2.24) is 4.90 Å². The Kier molecular flexibility index (Phi) is 7.33. The van der Waals surface area contributed by atoms with Crippen LogP contribution in [-0.2, 0) is 29.2 Å². The number of amides is 1. The summed E-state index contributed by atoms with van der Waals surface area (Å²) in [4.78, 5) is 29.2. The number of hydrogen-bond donors (Lipinski definition) is 5. The third kappa shape index (κ3) is 4.14. The Morgan fingerprint density at radius 2 is 2.03 bits per heavy atom. The highest BCUT2D eigenvalue weighted by Gasteiger charge is 2.60. The molecule has 1 spiro atoms. The van der Waals surface area contributed by atoms with E-state index >= 15 is 0 Å². The van der Waals surface area contributed by atoms with Gasteiger partial charge in [0.2, 0.25) is 12.2 Å². The summed E-state index contributed by atoms with van der Waals surface area (Å²) < 4.78 is 16.1. The van der Waals surface area contributed by atoms with Gasteiger partial charge in [-0.25, -0.2) is 4.79 Å². The van der Waals surface area contributed by atoms with Crippen molar-refractivity contribution in [2.75, 3.05) is 32.1 Å². The van der Waals surface area contributed by atoms with E-state index in [9.17, 15) is 30.0 Å². The van der Waals surface area contributed by atoms with Crippen LogP contribution in [0.1, 0.15) is 18.4 Å². The van der Waals surface area contributed by atoms with Crippen LogP contribution in [0.2, 0.25) is 0 Å². The van der Waals surface area contributed by atoms with Crippen LogP contribution in [0.5, 0.6) is 0 Å². The van der Waals surface area contributed by atoms with Crippen molar-refractivity contribution in [2.45, 2.75) is 55.0 Å². The number of anilines is 1. The first-order chi connectivity index (χ1) is 18.3. The van der Waals surface area contributed by atoms with E-state index in [1.165, 1.54) is 13.4 Å². The van der Waals surface area contributed by atoms with Crippen LogP contribution in [0.4, 0.5) is 5.69 Å². The maximum Gasteiger partial charge on any atom is 0.339 e. The lowest BCUT2D eigenvalue weighted by atomic mass is 9.68. The van der Waals surface area contributed by atoms with E-state index in [0.717, 1.165) is 17.8 Å². The van der Waals surface area contributed by atoms with Gasteiger partial charge >= 0.3 is 5.97 Å². The number of hydrogen-bond acceptors (Lipinski definition) is 10. The van der Waals surface area contributed by atoms with Crippen molar-refractivity contribution in [2.24, 2.45) is 11.8 Å². The lowest BCUT2D eigenvalue weighted by molar-refractivity contribution is -0.291. The van der Waals surface area contributed by atoms with Crippen LogP contribution in [0, 0.1) is 11.8 Å². The average molecular weight is 531 g/mol. The number of nitrogens with one attached hydrogen (secondary N) is 1. The largest absolute Gasteiger partial charge is 0.504 e. The standard InChI is InChI=1S/C27H34N2O9/c1-3-14-11-29-9-8-27(17-6-4-5-7-18(17)28-26(27)35)20(29)10-15(14)16(13-36-2)24(34)38-25-23(33)22(32)21(31)19(12-30)37-25/h3-7,13-15,19-23,25,30-33H,1,8-12H2,2H3,(H,28,35)/b16-13-/t14-,15-,19+,20-,21+,22-,23+,25-,27+/m0/s1. The third-order valence-electron chi connectivity index (χ3n) is 8.56. The molecule has 4 aliphatic rings. The number of para-hydroxylation sites is 1. The molecule has 0 aromatic heterocycles. The molecule has 5 N–H and O–H groups in total. The molecule has 1 aromatic rings. The molecule has 4 heterocycles. The smallest absolute Gasteiger partial charge is 0.339 e. The summed E-state index contributed by atoms with van der Waals surface area (Å²) >= 11 is 0. The quantitative estimate of drug-likeness (QED) is 0.142. The fourth-order valence-corrected chi connectivity index (χ4v) is 6.60. The zero-order valence-electron chi connectivity index (χ0n) is 21.1. The first-order valence-electron chi connectivity index (χ1n) is 12.8. The molecule has 38 heavy (non-hydrogen) atoms. The predicted molar refractivity (Wildman–Crippen MR) is 133 cm³/mol. The fourth-order valence-electron chi connectivity index (χ4n) is 6.60. The molecule has 11 heteroatoms. The summed E-state index contributed by atoms with van der Waals surface area (Å²) in [6, 6.07) is 7.49. The first kappa shape index (κ1) is 26.8. The number of aliphatic hydroxyl groups excluding tert-OH is 4. The van der Waals surface area contributed by atoms with Gasteiger partial charge in [0.15, 0.2) is 0 Å². The Balaban J connectivity index is 1.42. The Labute approximate surface area is 220 Å². The maximum absolute atomic E-state index is 13.5. The van der Waals surface area contributed by atoms with Gasteiger partial charge in [0, 0.05) is 24.2 Å². The van der Waals surface area contributed by atoms with Gasteiger partial charge in [-0.2, -0.15) is 0 Å². The lowest BCUT2D eigenvalue weighted by Crippen LogP contribution is -2.59. The van der Waals surface area contributed by atoms with Crippen molar-refractivity contribution >= 4 is 17.6 Å². The number of aliphatic hydroxyl groups is 4. The Hall–Kier alpha value is -2.80. The molecule has 3 saturated heterocycles. The summed E-state index contributed by atoms with van der Waals surface area (Å²) in [6.45, 7) is 4.63. The zero-order valence-corrected chi connectivity index (χ0v) is 21.1. The molecule has 0 unspecified atom stereocenters. The molecule has 0 aliphatic carbocycles. The van der Waals surface area contributed by atoms with Crippen molar-refractivity contribution in [3.8, 4) is 0 Å². The van der Waals surface area contributed by atoms with Crippen LogP contribution in [0.15, 0.2) is 48.8 Å². The predicted octanol–water partition coefficient (Wildman–Crippen LogP) is -0.354. The van der Waals surface area contributed by atoms with Crippen LogP contribution < -0.4 is 5.32 Å². The highest BCUT2D eigenvalue weighted by molar-refractivity contribution is 6.07. The molecule has 4 aliphatic heterocycles. The molecule has 5 rings (SSSR count). The van der Waals surface area contributed by atoms with Crippen molar-refractivity contribution < 1.29 is 44.2 Å². The van der Waals surface area contributed by atoms with E-state index < -0.39 is 54.6 Å². The Bertz CT molecular complexity index is 1120. The van der Waals surface area contributed by atoms with E-state index in [4.69, 9.17) is 14.2 Å². The number of rotatable bonds is 6. The molecule has 1 amide bonds. The average Bonchev–Trinajstić information content (AvgIpc) is 3.44. The Morgan fingerprint density at radius 1 is 1.26 bits per heavy atom. The van der Waals surface area contributed by atoms with E-state index in [0.29, 0.717) is 19.4 Å². The molecule has 3 fully saturated rings. The topological polar surface area (TPSA) is 158 Å². The van der Waals surface area contributed by atoms with E-state index in [-0.39, 0.29) is 23.4 Å². The zero-order chi connectivity index (χ0) is 27.2. The number of esters is 1. The summed E-state index contributed by atoms with van der Waals surface area (Å²) in [5.74, 6) is -1.49. The van der Waals surface area contributed by atoms with Gasteiger partial charge in [-0.15, -0.1) is 6.58 Å². The second kappa shape index (κ2) is 10.4. The highest BCUT2D eigenvalue weighted by Crippen LogP contribution is 2.53. The monoisotopic (exact) mass is 530 g/mol. The second-order valence-electron chi connectivity index (χ2n) is 10.4. The van der Waals surface area contributed by atoms with E-state index in [2.05, 4.69) is 16.8 Å². The number of methoxy groups -OCH3 is 1. The number of piperidine rings is 1. The number of carbonyl (C=O) groups excluding carboxylic acids is 2. The minimum Gasteiger partial charge on any atom is -0.504 e. The molecule has 206 valence electrons. The molecule has 0 saturated carbocycles. The number of carbonyl (C=O) groups is 2. The summed E-state index contributed by atoms with van der Waals surface area (Å²) in [5.41, 5.74) is 1.18. The van der Waals surface area contributed by atoms with Gasteiger partial charge in [0.05, 0.1) is 31.0 Å². The van der Waals surface area contributed by atoms with E-state index in [1.54, 1.807) is 6.08 Å². The summed E-state index contributed by atoms with van der Waals surface area (Å²) in [6.07, 6.45) is -3.67. The molecule has 9 atom stereocenters. The Morgan fingerprint density at radius 3 is 2.74 bits per heavy atom. The summed E-state index contributed by atoms with van der Waals surface area (Å²) in [7, 11) is 1.40. The lowest BCUT2D eigenvalue weighted by Gasteiger charge is -2.44. The number of nitrogens with zero attached hydrogens (tertiary/aromatic N) is 1. The SMILES string of the molecule is C=C[C@H]1CN2CC[C@]3(C(=O)Nc4ccccc43)[C@@H]2C[C@@H]1/C(=C/OC)C(=O)O[C@@H]1O[C@H](CO)[C@@H](O)[C@H](O)[C@H]1O. The molecule has 0 radical (unpaired) electrons. The molecule has 1 aromatic carbocycles. The molecule has 0 bridgehead atoms. The molecular weight excluding hydrogens is 496 g/mol. The van der Waals surface area contributed by atoms with Gasteiger partial charge < -0.3 is 40.0 Å². The summed E-state index contributed by atoms with van der Waals surface area (Å²) in [5, 5.41) is 43.0. The maximum atomic E-state index is 13.5. The number of fused-ring (bicyclic) bond motifs is 4. The molecular formula is C27H34N2O9. The van der Waals surface area contributed by atoms with Crippen LogP contribution in [0.25, 0.3) is 0 Å². The van der Waals surface area contributed by atoms with Crippen LogP contribution >= 0.6 is 0 Å². The second-order valence-corrected chi connectivity index (χ2v) is 10.4. The number of benzene rings is 1. The van der Waals surface area contributed by atoms with Crippen LogP contribution in [-0.4, -0.2) is 101 Å². The van der Waals surface area contributed by atoms with Crippen molar-refractivity contribution in [3.05, 3.63) is 54.3 Å². The number of ether oxygens (including phenoxy) is 3. The van der Waals surface area contributed by atoms with Gasteiger partial charge in [-0.3, -0.25) is 9.69 Å². The van der Waals surface area contributed by atoms with Crippen molar-refractivity contribution in [3.63, 3.8) is 0 Å². The normalized spacial score (nSPS) is 38.9. The van der Waals surface area contributed by atoms with Gasteiger partial charge in [0.1, 0.15) is 24.4 Å².